The summed E-state index contributed by atoms with van der Waals surface area (Å²) in [5.74, 6) is -0.839. The molecule has 0 aliphatic rings. The van der Waals surface area contributed by atoms with Gasteiger partial charge in [0.15, 0.2) is 0 Å². The number of hydrogen-bond donors (Lipinski definition) is 1. The van der Waals surface area contributed by atoms with Crippen LogP contribution < -0.4 is 5.56 Å². The molecule has 1 rings (SSSR count). The van der Waals surface area contributed by atoms with Gasteiger partial charge in [0.1, 0.15) is 0 Å². The highest BCUT2D eigenvalue weighted by Crippen LogP contribution is 2.21. The van der Waals surface area contributed by atoms with Crippen molar-refractivity contribution < 1.29 is 9.90 Å². The van der Waals surface area contributed by atoms with Gasteiger partial charge >= 0.3 is 5.97 Å². The maximum absolute atomic E-state index is 11.5. The molecule has 0 aliphatic heterocycles. The molecule has 0 spiro atoms. The minimum absolute atomic E-state index is 0.0822. The van der Waals surface area contributed by atoms with E-state index in [9.17, 15) is 9.59 Å². The van der Waals surface area contributed by atoms with E-state index in [2.05, 4.69) is 0 Å². The van der Waals surface area contributed by atoms with Crippen LogP contribution in [0.4, 0.5) is 0 Å². The zero-order chi connectivity index (χ0) is 12.3. The van der Waals surface area contributed by atoms with Gasteiger partial charge in [-0.25, -0.2) is 0 Å². The van der Waals surface area contributed by atoms with E-state index in [1.807, 2.05) is 13.0 Å². The van der Waals surface area contributed by atoms with Gasteiger partial charge in [0.25, 0.3) is 5.56 Å². The number of aliphatic carboxylic acids is 1. The van der Waals surface area contributed by atoms with E-state index < -0.39 is 11.4 Å². The van der Waals surface area contributed by atoms with Crippen LogP contribution in [0.15, 0.2) is 23.0 Å². The number of nitrogens with zero attached hydrogens (tertiary/aromatic N) is 1. The highest BCUT2D eigenvalue weighted by molar-refractivity contribution is 5.73. The fraction of sp³-hybridized carbons (Fsp3) is 0.500. The van der Waals surface area contributed by atoms with Gasteiger partial charge in [-0.3, -0.25) is 9.59 Å². The average molecular weight is 223 g/mol. The quantitative estimate of drug-likeness (QED) is 0.844. The molecule has 0 unspecified atom stereocenters. The molecule has 4 nitrogen and oxygen atoms in total. The second-order valence-electron chi connectivity index (χ2n) is 4.60. The molecule has 1 N–H and O–H groups in total. The van der Waals surface area contributed by atoms with Crippen molar-refractivity contribution in [2.45, 2.75) is 33.7 Å². The Hall–Kier alpha value is -1.58. The van der Waals surface area contributed by atoms with Crippen LogP contribution in [0, 0.1) is 12.3 Å². The summed E-state index contributed by atoms with van der Waals surface area (Å²) in [5, 5.41) is 8.97. The Balaban J connectivity index is 2.84. The molecular formula is C12H17NO3. The SMILES string of the molecule is Cc1cccc(=O)n1CCC(C)(C)C(=O)O. The maximum Gasteiger partial charge on any atom is 0.309 e. The first-order chi connectivity index (χ1) is 7.34. The lowest BCUT2D eigenvalue weighted by atomic mass is 9.89. The summed E-state index contributed by atoms with van der Waals surface area (Å²) < 4.78 is 1.60. The van der Waals surface area contributed by atoms with Gasteiger partial charge < -0.3 is 9.67 Å². The van der Waals surface area contributed by atoms with Gasteiger partial charge in [-0.2, -0.15) is 0 Å². The normalized spacial score (nSPS) is 11.4. The molecule has 4 heteroatoms. The van der Waals surface area contributed by atoms with E-state index in [1.54, 1.807) is 24.5 Å². The molecule has 1 aromatic rings. The Morgan fingerprint density at radius 3 is 2.56 bits per heavy atom. The topological polar surface area (TPSA) is 59.3 Å². The summed E-state index contributed by atoms with van der Waals surface area (Å²) in [5.41, 5.74) is -0.0308. The molecule has 0 radical (unpaired) electrons. The third-order valence-corrected chi connectivity index (χ3v) is 2.81. The highest BCUT2D eigenvalue weighted by atomic mass is 16.4. The number of hydrogen-bond acceptors (Lipinski definition) is 2. The Morgan fingerprint density at radius 2 is 2.06 bits per heavy atom. The maximum atomic E-state index is 11.5. The predicted octanol–water partition coefficient (Wildman–Crippen LogP) is 1.66. The van der Waals surface area contributed by atoms with Crippen molar-refractivity contribution in [1.82, 2.24) is 4.57 Å². The first-order valence-electron chi connectivity index (χ1n) is 5.24. The van der Waals surface area contributed by atoms with Crippen LogP contribution in [0.1, 0.15) is 26.0 Å². The summed E-state index contributed by atoms with van der Waals surface area (Å²) >= 11 is 0. The molecule has 0 aliphatic carbocycles. The van der Waals surface area contributed by atoms with Gasteiger partial charge in [-0.1, -0.05) is 6.07 Å². The molecule has 0 aromatic carbocycles. The Bertz CT molecular complexity index is 446. The standard InChI is InChI=1S/C12H17NO3/c1-9-5-4-6-10(14)13(9)8-7-12(2,3)11(15)16/h4-6H,7-8H2,1-3H3,(H,15,16). The van der Waals surface area contributed by atoms with Crippen LogP contribution in [-0.4, -0.2) is 15.6 Å². The first kappa shape index (κ1) is 12.5. The smallest absolute Gasteiger partial charge is 0.309 e. The van der Waals surface area contributed by atoms with E-state index in [-0.39, 0.29) is 5.56 Å². The third-order valence-electron chi connectivity index (χ3n) is 2.81. The van der Waals surface area contributed by atoms with Crippen molar-refractivity contribution in [3.05, 3.63) is 34.2 Å². The molecule has 1 aromatic heterocycles. The van der Waals surface area contributed by atoms with E-state index >= 15 is 0 Å². The van der Waals surface area contributed by atoms with Gasteiger partial charge in [0, 0.05) is 18.3 Å². The summed E-state index contributed by atoms with van der Waals surface area (Å²) in [7, 11) is 0. The molecule has 0 fully saturated rings. The number of rotatable bonds is 4. The van der Waals surface area contributed by atoms with E-state index in [0.29, 0.717) is 13.0 Å². The zero-order valence-electron chi connectivity index (χ0n) is 9.86. The summed E-state index contributed by atoms with van der Waals surface area (Å²) in [6.45, 7) is 5.61. The van der Waals surface area contributed by atoms with Crippen molar-refractivity contribution in [2.24, 2.45) is 5.41 Å². The molecule has 16 heavy (non-hydrogen) atoms. The van der Waals surface area contributed by atoms with Crippen molar-refractivity contribution in [1.29, 1.82) is 0 Å². The second-order valence-corrected chi connectivity index (χ2v) is 4.60. The molecule has 88 valence electrons. The van der Waals surface area contributed by atoms with Crippen molar-refractivity contribution in [2.75, 3.05) is 0 Å². The van der Waals surface area contributed by atoms with Crippen LogP contribution in [0.5, 0.6) is 0 Å². The number of carbonyl (C=O) groups is 1. The molecule has 0 atom stereocenters. The first-order valence-corrected chi connectivity index (χ1v) is 5.24. The summed E-state index contributed by atoms with van der Waals surface area (Å²) in [6.07, 6.45) is 0.438. The summed E-state index contributed by atoms with van der Waals surface area (Å²) in [4.78, 5) is 22.5. The minimum atomic E-state index is -0.839. The lowest BCUT2D eigenvalue weighted by Gasteiger charge is -2.20. The fourth-order valence-corrected chi connectivity index (χ4v) is 1.41. The molecule has 0 saturated heterocycles. The minimum Gasteiger partial charge on any atom is -0.481 e. The van der Waals surface area contributed by atoms with E-state index in [1.165, 1.54) is 6.07 Å². The van der Waals surface area contributed by atoms with Crippen LogP contribution in [0.2, 0.25) is 0 Å². The van der Waals surface area contributed by atoms with Crippen molar-refractivity contribution >= 4 is 5.97 Å². The number of carboxylic acids is 1. The van der Waals surface area contributed by atoms with Crippen LogP contribution in [0.3, 0.4) is 0 Å². The number of carboxylic acid groups (broad SMARTS) is 1. The number of aryl methyl sites for hydroxylation is 1. The predicted molar refractivity (Wildman–Crippen MR) is 61.5 cm³/mol. The Kier molecular flexibility index (Phi) is 3.52. The zero-order valence-corrected chi connectivity index (χ0v) is 9.86. The lowest BCUT2D eigenvalue weighted by molar-refractivity contribution is -0.147. The average Bonchev–Trinajstić information content (AvgIpc) is 2.16. The van der Waals surface area contributed by atoms with Crippen molar-refractivity contribution in [3.8, 4) is 0 Å². The number of pyridine rings is 1. The molecule has 0 saturated carbocycles. The van der Waals surface area contributed by atoms with Gasteiger partial charge in [0.2, 0.25) is 0 Å². The largest absolute Gasteiger partial charge is 0.481 e. The molecule has 1 heterocycles. The van der Waals surface area contributed by atoms with E-state index in [0.717, 1.165) is 5.69 Å². The van der Waals surface area contributed by atoms with Gasteiger partial charge in [0.05, 0.1) is 5.41 Å². The summed E-state index contributed by atoms with van der Waals surface area (Å²) in [6, 6.07) is 5.03. The van der Waals surface area contributed by atoms with Crippen LogP contribution >= 0.6 is 0 Å². The van der Waals surface area contributed by atoms with Crippen molar-refractivity contribution in [3.63, 3.8) is 0 Å². The van der Waals surface area contributed by atoms with Gasteiger partial charge in [-0.15, -0.1) is 0 Å². The highest BCUT2D eigenvalue weighted by Gasteiger charge is 2.26. The second kappa shape index (κ2) is 4.51. The Labute approximate surface area is 94.5 Å². The van der Waals surface area contributed by atoms with Gasteiger partial charge in [-0.05, 0) is 33.3 Å². The van der Waals surface area contributed by atoms with Crippen LogP contribution in [-0.2, 0) is 11.3 Å². The lowest BCUT2D eigenvalue weighted by Crippen LogP contribution is -2.29. The number of aromatic nitrogens is 1. The fourth-order valence-electron chi connectivity index (χ4n) is 1.41. The monoisotopic (exact) mass is 223 g/mol. The third kappa shape index (κ3) is 2.72. The molecule has 0 bridgehead atoms. The Morgan fingerprint density at radius 1 is 1.44 bits per heavy atom. The van der Waals surface area contributed by atoms with E-state index in [4.69, 9.17) is 5.11 Å². The molecular weight excluding hydrogens is 206 g/mol. The molecule has 0 amide bonds. The van der Waals surface area contributed by atoms with Crippen LogP contribution in [0.25, 0.3) is 0 Å².